The lowest BCUT2D eigenvalue weighted by Gasteiger charge is -2.29. The van der Waals surface area contributed by atoms with Gasteiger partial charge in [-0.3, -0.25) is 4.79 Å². The molecule has 2 saturated heterocycles. The molecule has 2 aliphatic rings. The van der Waals surface area contributed by atoms with Crippen LogP contribution in [0.15, 0.2) is 30.3 Å². The third kappa shape index (κ3) is 3.98. The molecule has 0 bridgehead atoms. The zero-order chi connectivity index (χ0) is 16.9. The van der Waals surface area contributed by atoms with Gasteiger partial charge in [0.1, 0.15) is 0 Å². The van der Waals surface area contributed by atoms with Crippen molar-refractivity contribution in [1.82, 2.24) is 9.80 Å². The van der Waals surface area contributed by atoms with Crippen LogP contribution in [0.5, 0.6) is 0 Å². The van der Waals surface area contributed by atoms with Crippen LogP contribution in [0.2, 0.25) is 0 Å². The fourth-order valence-electron chi connectivity index (χ4n) is 4.18. The lowest BCUT2D eigenvalue weighted by molar-refractivity contribution is -0.135. The summed E-state index contributed by atoms with van der Waals surface area (Å²) in [5, 5.41) is 0. The SMILES string of the molecule is CC(C(=O)N1CCCC(N2CCCC2)CC1)C(N)c1ccccc1. The van der Waals surface area contributed by atoms with Crippen molar-refractivity contribution in [1.29, 1.82) is 0 Å². The van der Waals surface area contributed by atoms with Crippen molar-refractivity contribution in [2.75, 3.05) is 26.2 Å². The third-order valence-corrected chi connectivity index (χ3v) is 5.78. The Morgan fingerprint density at radius 2 is 1.75 bits per heavy atom. The van der Waals surface area contributed by atoms with Crippen LogP contribution in [0, 0.1) is 5.92 Å². The lowest BCUT2D eigenvalue weighted by atomic mass is 9.94. The highest BCUT2D eigenvalue weighted by atomic mass is 16.2. The lowest BCUT2D eigenvalue weighted by Crippen LogP contribution is -2.40. The van der Waals surface area contributed by atoms with E-state index in [1.54, 1.807) is 0 Å². The summed E-state index contributed by atoms with van der Waals surface area (Å²) in [6, 6.07) is 10.4. The Kier molecular flexibility index (Phi) is 5.90. The Morgan fingerprint density at radius 3 is 2.46 bits per heavy atom. The van der Waals surface area contributed by atoms with Crippen LogP contribution in [0.4, 0.5) is 0 Å². The van der Waals surface area contributed by atoms with Gasteiger partial charge in [0, 0.05) is 25.2 Å². The van der Waals surface area contributed by atoms with Crippen LogP contribution in [0.3, 0.4) is 0 Å². The molecule has 0 aromatic heterocycles. The second kappa shape index (κ2) is 8.13. The monoisotopic (exact) mass is 329 g/mol. The molecular formula is C20H31N3O. The van der Waals surface area contributed by atoms with Crippen LogP contribution >= 0.6 is 0 Å². The molecule has 4 heteroatoms. The maximum atomic E-state index is 12.9. The molecule has 132 valence electrons. The van der Waals surface area contributed by atoms with Crippen LogP contribution < -0.4 is 5.73 Å². The normalized spacial score (nSPS) is 25.2. The highest BCUT2D eigenvalue weighted by molar-refractivity contribution is 5.79. The van der Waals surface area contributed by atoms with Crippen LogP contribution in [0.1, 0.15) is 50.6 Å². The Balaban J connectivity index is 1.58. The molecule has 2 aliphatic heterocycles. The minimum Gasteiger partial charge on any atom is -0.342 e. The van der Waals surface area contributed by atoms with Crippen molar-refractivity contribution in [2.24, 2.45) is 11.7 Å². The summed E-state index contributed by atoms with van der Waals surface area (Å²) in [4.78, 5) is 17.6. The van der Waals surface area contributed by atoms with Gasteiger partial charge in [-0.1, -0.05) is 37.3 Å². The summed E-state index contributed by atoms with van der Waals surface area (Å²) in [6.07, 6.45) is 6.12. The molecule has 0 saturated carbocycles. The fourth-order valence-corrected chi connectivity index (χ4v) is 4.18. The van der Waals surface area contributed by atoms with E-state index in [2.05, 4.69) is 9.80 Å². The molecule has 2 fully saturated rings. The molecule has 3 atom stereocenters. The average Bonchev–Trinajstić information content (AvgIpc) is 3.05. The number of nitrogens with two attached hydrogens (primary N) is 1. The van der Waals surface area contributed by atoms with Gasteiger partial charge in [0.05, 0.1) is 5.92 Å². The number of hydrogen-bond acceptors (Lipinski definition) is 3. The van der Waals surface area contributed by atoms with Gasteiger partial charge in [-0.05, 0) is 50.8 Å². The minimum absolute atomic E-state index is 0.171. The summed E-state index contributed by atoms with van der Waals surface area (Å²) >= 11 is 0. The number of nitrogens with zero attached hydrogens (tertiary/aromatic N) is 2. The van der Waals surface area contributed by atoms with E-state index >= 15 is 0 Å². The Labute approximate surface area is 146 Å². The number of carbonyl (C=O) groups is 1. The van der Waals surface area contributed by atoms with E-state index in [-0.39, 0.29) is 17.9 Å². The summed E-state index contributed by atoms with van der Waals surface area (Å²) in [7, 11) is 0. The zero-order valence-electron chi connectivity index (χ0n) is 14.9. The van der Waals surface area contributed by atoms with Crippen molar-refractivity contribution in [3.05, 3.63) is 35.9 Å². The smallest absolute Gasteiger partial charge is 0.227 e. The number of carbonyl (C=O) groups excluding carboxylic acids is 1. The highest BCUT2D eigenvalue weighted by Crippen LogP contribution is 2.25. The summed E-state index contributed by atoms with van der Waals surface area (Å²) < 4.78 is 0. The van der Waals surface area contributed by atoms with Gasteiger partial charge >= 0.3 is 0 Å². The van der Waals surface area contributed by atoms with E-state index in [4.69, 9.17) is 5.73 Å². The van der Waals surface area contributed by atoms with Gasteiger partial charge in [-0.15, -0.1) is 0 Å². The Bertz CT molecular complexity index is 527. The first-order valence-electron chi connectivity index (χ1n) is 9.50. The first-order valence-corrected chi connectivity index (χ1v) is 9.50. The van der Waals surface area contributed by atoms with Crippen molar-refractivity contribution >= 4 is 5.91 Å². The first-order chi connectivity index (χ1) is 11.7. The van der Waals surface area contributed by atoms with Gasteiger partial charge in [-0.2, -0.15) is 0 Å². The van der Waals surface area contributed by atoms with Gasteiger partial charge in [0.25, 0.3) is 0 Å². The van der Waals surface area contributed by atoms with E-state index in [1.807, 2.05) is 37.3 Å². The van der Waals surface area contributed by atoms with E-state index < -0.39 is 0 Å². The molecule has 3 unspecified atom stereocenters. The van der Waals surface area contributed by atoms with Gasteiger partial charge in [-0.25, -0.2) is 0 Å². The largest absolute Gasteiger partial charge is 0.342 e. The molecule has 3 rings (SSSR count). The van der Waals surface area contributed by atoms with Crippen LogP contribution in [-0.4, -0.2) is 47.9 Å². The van der Waals surface area contributed by atoms with E-state index in [0.29, 0.717) is 6.04 Å². The predicted octanol–water partition coefficient (Wildman–Crippen LogP) is 2.80. The molecular weight excluding hydrogens is 298 g/mol. The summed E-state index contributed by atoms with van der Waals surface area (Å²) in [6.45, 7) is 6.23. The van der Waals surface area contributed by atoms with Crippen molar-refractivity contribution in [2.45, 2.75) is 51.1 Å². The minimum atomic E-state index is -0.226. The zero-order valence-corrected chi connectivity index (χ0v) is 14.9. The van der Waals surface area contributed by atoms with E-state index in [1.165, 1.54) is 32.4 Å². The van der Waals surface area contributed by atoms with Crippen molar-refractivity contribution in [3.63, 3.8) is 0 Å². The number of benzene rings is 1. The Morgan fingerprint density at radius 1 is 1.04 bits per heavy atom. The maximum absolute atomic E-state index is 12.9. The average molecular weight is 329 g/mol. The van der Waals surface area contributed by atoms with Gasteiger partial charge in [0.15, 0.2) is 0 Å². The third-order valence-electron chi connectivity index (χ3n) is 5.78. The molecule has 2 heterocycles. The van der Waals surface area contributed by atoms with Gasteiger partial charge < -0.3 is 15.5 Å². The first kappa shape index (κ1) is 17.4. The molecule has 0 aliphatic carbocycles. The molecule has 0 spiro atoms. The molecule has 0 radical (unpaired) electrons. The number of hydrogen-bond donors (Lipinski definition) is 1. The topological polar surface area (TPSA) is 49.6 Å². The predicted molar refractivity (Wildman–Crippen MR) is 97.6 cm³/mol. The second-order valence-electron chi connectivity index (χ2n) is 7.38. The molecule has 2 N–H and O–H groups in total. The summed E-state index contributed by atoms with van der Waals surface area (Å²) in [5.74, 6) is 0.0455. The summed E-state index contributed by atoms with van der Waals surface area (Å²) in [5.41, 5.74) is 7.40. The fraction of sp³-hybridized carbons (Fsp3) is 0.650. The highest BCUT2D eigenvalue weighted by Gasteiger charge is 2.30. The maximum Gasteiger partial charge on any atom is 0.227 e. The van der Waals surface area contributed by atoms with Crippen LogP contribution in [-0.2, 0) is 4.79 Å². The number of likely N-dealkylation sites (tertiary alicyclic amines) is 2. The molecule has 24 heavy (non-hydrogen) atoms. The standard InChI is InChI=1S/C20H31N3O/c1-16(19(21)17-8-3-2-4-9-17)20(24)23-14-7-10-18(11-15-23)22-12-5-6-13-22/h2-4,8-9,16,18-19H,5-7,10-15,21H2,1H3. The number of rotatable bonds is 4. The molecule has 4 nitrogen and oxygen atoms in total. The quantitative estimate of drug-likeness (QED) is 0.924. The van der Waals surface area contributed by atoms with E-state index in [9.17, 15) is 4.79 Å². The molecule has 1 aromatic rings. The number of amides is 1. The second-order valence-corrected chi connectivity index (χ2v) is 7.38. The molecule has 1 aromatic carbocycles. The van der Waals surface area contributed by atoms with Gasteiger partial charge in [0.2, 0.25) is 5.91 Å². The van der Waals surface area contributed by atoms with Crippen LogP contribution in [0.25, 0.3) is 0 Å². The van der Waals surface area contributed by atoms with Crippen molar-refractivity contribution in [3.8, 4) is 0 Å². The Hall–Kier alpha value is -1.39. The van der Waals surface area contributed by atoms with E-state index in [0.717, 1.165) is 31.5 Å². The molecule has 1 amide bonds. The van der Waals surface area contributed by atoms with Crippen molar-refractivity contribution < 1.29 is 4.79 Å².